The van der Waals surface area contributed by atoms with E-state index in [1.807, 2.05) is 11.8 Å². The van der Waals surface area contributed by atoms with Crippen LogP contribution in [0.3, 0.4) is 0 Å². The number of aromatic amines is 1. The molecular weight excluding hydrogens is 292 g/mol. The average Bonchev–Trinajstić information content (AvgIpc) is 3.10. The number of fused-ring (bicyclic) bond motifs is 1. The number of aromatic nitrogens is 1. The van der Waals surface area contributed by atoms with Crippen molar-refractivity contribution in [2.24, 2.45) is 0 Å². The van der Waals surface area contributed by atoms with Crippen molar-refractivity contribution in [3.8, 4) is 0 Å². The molecule has 1 aliphatic rings. The van der Waals surface area contributed by atoms with Crippen LogP contribution >= 0.6 is 11.8 Å². The summed E-state index contributed by atoms with van der Waals surface area (Å²) in [7, 11) is 1.79. The summed E-state index contributed by atoms with van der Waals surface area (Å²) >= 11 is 1.84. The highest BCUT2D eigenvalue weighted by Crippen LogP contribution is 2.33. The Morgan fingerprint density at radius 3 is 3.05 bits per heavy atom. The van der Waals surface area contributed by atoms with Crippen molar-refractivity contribution in [2.75, 3.05) is 33.1 Å². The lowest BCUT2D eigenvalue weighted by Gasteiger charge is -2.24. The fourth-order valence-electron chi connectivity index (χ4n) is 3.70. The first-order valence-corrected chi connectivity index (χ1v) is 9.34. The van der Waals surface area contributed by atoms with Crippen molar-refractivity contribution >= 4 is 22.7 Å². The number of ether oxygens (including phenoxy) is 1. The van der Waals surface area contributed by atoms with Crippen LogP contribution in [0.2, 0.25) is 0 Å². The van der Waals surface area contributed by atoms with E-state index >= 15 is 0 Å². The molecule has 3 nitrogen and oxygen atoms in total. The maximum atomic E-state index is 5.27. The van der Waals surface area contributed by atoms with Crippen LogP contribution in [0, 0.1) is 6.92 Å². The predicted molar refractivity (Wildman–Crippen MR) is 95.0 cm³/mol. The molecule has 1 saturated heterocycles. The molecule has 1 aliphatic heterocycles. The van der Waals surface area contributed by atoms with Crippen molar-refractivity contribution in [3.63, 3.8) is 0 Å². The Balaban J connectivity index is 1.88. The fourth-order valence-corrected chi connectivity index (χ4v) is 4.35. The number of hydrogen-bond donors (Lipinski definition) is 1. The summed E-state index contributed by atoms with van der Waals surface area (Å²) in [5.41, 5.74) is 4.12. The van der Waals surface area contributed by atoms with E-state index in [0.29, 0.717) is 6.04 Å². The molecule has 2 aromatic rings. The van der Waals surface area contributed by atoms with E-state index < -0.39 is 0 Å². The normalized spacial score (nSPS) is 19.3. The molecule has 120 valence electrons. The van der Waals surface area contributed by atoms with Gasteiger partial charge in [-0.1, -0.05) is 6.07 Å². The second-order valence-electron chi connectivity index (χ2n) is 6.14. The number of methoxy groups -OCH3 is 1. The van der Waals surface area contributed by atoms with Gasteiger partial charge in [-0.2, -0.15) is 0 Å². The first-order valence-electron chi connectivity index (χ1n) is 8.11. The van der Waals surface area contributed by atoms with Gasteiger partial charge < -0.3 is 9.72 Å². The van der Waals surface area contributed by atoms with Crippen LogP contribution in [-0.4, -0.2) is 49.0 Å². The molecule has 0 unspecified atom stereocenters. The summed E-state index contributed by atoms with van der Waals surface area (Å²) in [5, 5.41) is 1.44. The molecular formula is C18H26N2OS. The lowest BCUT2D eigenvalue weighted by molar-refractivity contribution is 0.141. The highest BCUT2D eigenvalue weighted by atomic mass is 32.2. The summed E-state index contributed by atoms with van der Waals surface area (Å²) in [5.74, 6) is 0. The quantitative estimate of drug-likeness (QED) is 0.820. The number of hydrogen-bond acceptors (Lipinski definition) is 3. The van der Waals surface area contributed by atoms with Gasteiger partial charge in [-0.15, -0.1) is 11.8 Å². The van der Waals surface area contributed by atoms with Crippen LogP contribution in [-0.2, 0) is 11.2 Å². The number of rotatable bonds is 6. The molecule has 0 spiro atoms. The lowest BCUT2D eigenvalue weighted by atomic mass is 10.0. The summed E-state index contributed by atoms with van der Waals surface area (Å²) < 4.78 is 5.27. The molecule has 0 saturated carbocycles. The van der Waals surface area contributed by atoms with Crippen molar-refractivity contribution in [2.45, 2.75) is 37.1 Å². The van der Waals surface area contributed by atoms with Crippen LogP contribution in [0.1, 0.15) is 24.1 Å². The highest BCUT2D eigenvalue weighted by molar-refractivity contribution is 7.98. The molecule has 0 amide bonds. The number of nitrogens with one attached hydrogen (secondary N) is 1. The zero-order valence-electron chi connectivity index (χ0n) is 13.8. The van der Waals surface area contributed by atoms with Gasteiger partial charge in [-0.25, -0.2) is 0 Å². The van der Waals surface area contributed by atoms with E-state index in [1.54, 1.807) is 7.11 Å². The molecule has 22 heavy (non-hydrogen) atoms. The van der Waals surface area contributed by atoms with Crippen molar-refractivity contribution in [1.29, 1.82) is 0 Å². The fraction of sp³-hybridized carbons (Fsp3) is 0.556. The van der Waals surface area contributed by atoms with Crippen LogP contribution in [0.25, 0.3) is 10.9 Å². The van der Waals surface area contributed by atoms with E-state index in [0.717, 1.165) is 19.6 Å². The largest absolute Gasteiger partial charge is 0.383 e. The Hall–Kier alpha value is -0.970. The molecule has 0 bridgehead atoms. The summed E-state index contributed by atoms with van der Waals surface area (Å²) in [6.45, 7) is 5.32. The van der Waals surface area contributed by atoms with Gasteiger partial charge in [0.25, 0.3) is 0 Å². The number of aryl methyl sites for hydroxylation is 1. The van der Waals surface area contributed by atoms with Gasteiger partial charge in [0.2, 0.25) is 0 Å². The third-order valence-corrected chi connectivity index (χ3v) is 5.62. The molecule has 4 heteroatoms. The van der Waals surface area contributed by atoms with Crippen molar-refractivity contribution in [1.82, 2.24) is 9.88 Å². The van der Waals surface area contributed by atoms with Crippen LogP contribution in [0.4, 0.5) is 0 Å². The number of benzene rings is 1. The predicted octanol–water partition coefficient (Wildman–Crippen LogP) is 3.85. The van der Waals surface area contributed by atoms with E-state index in [1.165, 1.54) is 46.4 Å². The van der Waals surface area contributed by atoms with E-state index in [9.17, 15) is 0 Å². The van der Waals surface area contributed by atoms with Gasteiger partial charge in [0.15, 0.2) is 0 Å². The van der Waals surface area contributed by atoms with E-state index in [2.05, 4.69) is 41.3 Å². The van der Waals surface area contributed by atoms with Crippen LogP contribution < -0.4 is 0 Å². The minimum Gasteiger partial charge on any atom is -0.383 e. The Labute approximate surface area is 137 Å². The molecule has 1 aromatic carbocycles. The summed E-state index contributed by atoms with van der Waals surface area (Å²) in [4.78, 5) is 7.57. The second kappa shape index (κ2) is 7.07. The average molecular weight is 318 g/mol. The maximum Gasteiger partial charge on any atom is 0.0589 e. The summed E-state index contributed by atoms with van der Waals surface area (Å²) in [6, 6.07) is 7.24. The van der Waals surface area contributed by atoms with Gasteiger partial charge >= 0.3 is 0 Å². The molecule has 1 atom stereocenters. The molecule has 0 aliphatic carbocycles. The molecule has 2 heterocycles. The smallest absolute Gasteiger partial charge is 0.0589 e. The Kier molecular flexibility index (Phi) is 5.11. The number of nitrogens with zero attached hydrogens (tertiary/aromatic N) is 1. The molecule has 1 aromatic heterocycles. The SMILES string of the molecule is COCCN1CCC[C@@H]1Cc1c(C)[nH]c2cccc(SC)c12. The number of thioether (sulfide) groups is 1. The topological polar surface area (TPSA) is 28.3 Å². The van der Waals surface area contributed by atoms with Gasteiger partial charge in [0.1, 0.15) is 0 Å². The first kappa shape index (κ1) is 15.9. The molecule has 0 radical (unpaired) electrons. The Bertz CT molecular complexity index is 637. The molecule has 1 N–H and O–H groups in total. The standard InChI is InChI=1S/C18H26N2OS/c1-13-15(12-14-6-5-9-20(14)10-11-21-2)18-16(19-13)7-4-8-17(18)22-3/h4,7-8,14,19H,5-6,9-12H2,1-3H3/t14-/m1/s1. The van der Waals surface area contributed by atoms with Crippen molar-refractivity contribution in [3.05, 3.63) is 29.5 Å². The first-order chi connectivity index (χ1) is 10.7. The highest BCUT2D eigenvalue weighted by Gasteiger charge is 2.26. The van der Waals surface area contributed by atoms with Crippen LogP contribution in [0.5, 0.6) is 0 Å². The van der Waals surface area contributed by atoms with Gasteiger partial charge in [-0.05, 0) is 56.7 Å². The van der Waals surface area contributed by atoms with Gasteiger partial charge in [0, 0.05) is 41.2 Å². The number of H-pyrrole nitrogens is 1. The Morgan fingerprint density at radius 2 is 2.27 bits per heavy atom. The zero-order chi connectivity index (χ0) is 15.5. The maximum absolute atomic E-state index is 5.27. The molecule has 1 fully saturated rings. The third-order valence-electron chi connectivity index (χ3n) is 4.84. The minimum absolute atomic E-state index is 0.655. The molecule has 3 rings (SSSR count). The zero-order valence-corrected chi connectivity index (χ0v) is 14.6. The monoisotopic (exact) mass is 318 g/mol. The van der Waals surface area contributed by atoms with Crippen molar-refractivity contribution < 1.29 is 4.74 Å². The second-order valence-corrected chi connectivity index (χ2v) is 6.99. The van der Waals surface area contributed by atoms with E-state index in [4.69, 9.17) is 4.74 Å². The van der Waals surface area contributed by atoms with E-state index in [-0.39, 0.29) is 0 Å². The van der Waals surface area contributed by atoms with Crippen LogP contribution in [0.15, 0.2) is 23.1 Å². The Morgan fingerprint density at radius 1 is 1.41 bits per heavy atom. The third kappa shape index (κ3) is 3.05. The van der Waals surface area contributed by atoms with Gasteiger partial charge in [-0.3, -0.25) is 4.90 Å². The lowest BCUT2D eigenvalue weighted by Crippen LogP contribution is -2.33. The summed E-state index contributed by atoms with van der Waals surface area (Å²) in [6.07, 6.45) is 5.93. The minimum atomic E-state index is 0.655. The van der Waals surface area contributed by atoms with Gasteiger partial charge in [0.05, 0.1) is 6.61 Å². The number of likely N-dealkylation sites (tertiary alicyclic amines) is 1.